The van der Waals surface area contributed by atoms with Crippen molar-refractivity contribution in [3.63, 3.8) is 0 Å². The van der Waals surface area contributed by atoms with Crippen LogP contribution in [0, 0.1) is 15.9 Å². The summed E-state index contributed by atoms with van der Waals surface area (Å²) < 4.78 is 31.5. The molecule has 0 radical (unpaired) electrons. The van der Waals surface area contributed by atoms with E-state index in [0.717, 1.165) is 0 Å². The second-order valence-electron chi connectivity index (χ2n) is 2.60. The van der Waals surface area contributed by atoms with Crippen molar-refractivity contribution in [2.24, 2.45) is 0 Å². The molecule has 0 saturated heterocycles. The van der Waals surface area contributed by atoms with Gasteiger partial charge in [0.05, 0.1) is 0 Å². The van der Waals surface area contributed by atoms with Gasteiger partial charge in [0.15, 0.2) is 9.87 Å². The molecule has 1 rings (SSSR count). The highest BCUT2D eigenvalue weighted by atomic mass is 127. The van der Waals surface area contributed by atoms with Crippen LogP contribution in [0.4, 0.5) is 5.69 Å². The van der Waals surface area contributed by atoms with Crippen LogP contribution in [0.1, 0.15) is 5.56 Å². The number of hydrogen-bond donors (Lipinski definition) is 1. The van der Waals surface area contributed by atoms with E-state index in [0.29, 0.717) is 9.13 Å². The van der Waals surface area contributed by atoms with Crippen LogP contribution in [0.3, 0.4) is 0 Å². The van der Waals surface area contributed by atoms with Gasteiger partial charge in [-0.25, -0.2) is 0 Å². The molecule has 1 aromatic carbocycles. The van der Waals surface area contributed by atoms with Crippen molar-refractivity contribution in [2.45, 2.75) is 11.8 Å². The van der Waals surface area contributed by atoms with E-state index in [1.54, 1.807) is 6.07 Å². The van der Waals surface area contributed by atoms with E-state index in [9.17, 15) is 8.42 Å². The van der Waals surface area contributed by atoms with Gasteiger partial charge in [-0.05, 0) is 41.1 Å². The molecule has 0 aliphatic heterocycles. The van der Waals surface area contributed by atoms with Crippen molar-refractivity contribution in [2.75, 3.05) is 0 Å². The maximum Gasteiger partial charge on any atom is 0.406 e. The predicted octanol–water partition coefficient (Wildman–Crippen LogP) is -0.665. The second kappa shape index (κ2) is 5.07. The van der Waals surface area contributed by atoms with Gasteiger partial charge in [-0.15, -0.1) is 0 Å². The van der Waals surface area contributed by atoms with Gasteiger partial charge in [0.25, 0.3) is 0 Å². The monoisotopic (exact) mass is 360 g/mol. The summed E-state index contributed by atoms with van der Waals surface area (Å²) in [7, 11) is -4.36. The fraction of sp³-hybridized carbons (Fsp3) is 0.143. The first-order valence-corrected chi connectivity index (χ1v) is 6.01. The van der Waals surface area contributed by atoms with Crippen LogP contribution < -0.4 is 12.4 Å². The van der Waals surface area contributed by atoms with Crippen LogP contribution in [-0.2, 0) is 10.1 Å². The minimum absolute atomic E-state index is 0. The van der Waals surface area contributed by atoms with Gasteiger partial charge in [-0.2, -0.15) is 8.42 Å². The maximum absolute atomic E-state index is 11.0. The van der Waals surface area contributed by atoms with E-state index in [4.69, 9.17) is 9.95 Å². The Morgan fingerprint density at radius 1 is 1.47 bits per heavy atom. The summed E-state index contributed by atoms with van der Waals surface area (Å²) in [4.78, 5) is 2.44. The quantitative estimate of drug-likeness (QED) is 0.409. The molecule has 82 valence electrons. The largest absolute Gasteiger partial charge is 1.00 e. The average molecular weight is 361 g/mol. The first-order chi connectivity index (χ1) is 6.38. The van der Waals surface area contributed by atoms with Crippen LogP contribution in [0.25, 0.3) is 4.98 Å². The maximum atomic E-state index is 11.0. The van der Waals surface area contributed by atoms with Crippen LogP contribution in [0.5, 0.6) is 0 Å². The fourth-order valence-corrected chi connectivity index (χ4v) is 2.56. The summed E-state index contributed by atoms with van der Waals surface area (Å²) in [5, 5.41) is 8.54. The van der Waals surface area contributed by atoms with Gasteiger partial charge < -0.3 is 12.4 Å². The molecule has 0 saturated carbocycles. The molecule has 0 aliphatic rings. The number of halogens is 2. The zero-order chi connectivity index (χ0) is 10.9. The van der Waals surface area contributed by atoms with E-state index in [1.165, 1.54) is 13.0 Å². The Morgan fingerprint density at radius 2 is 2.00 bits per heavy atom. The van der Waals surface area contributed by atoms with E-state index < -0.39 is 10.1 Å². The highest BCUT2D eigenvalue weighted by Gasteiger charge is 2.27. The topological polar surface area (TPSA) is 82.5 Å². The summed E-state index contributed by atoms with van der Waals surface area (Å²) in [6, 6.07) is 2.91. The Balaban J connectivity index is 0.00000196. The normalized spacial score (nSPS) is 10.3. The third-order valence-electron chi connectivity index (χ3n) is 1.68. The highest BCUT2D eigenvalue weighted by molar-refractivity contribution is 14.1. The third kappa shape index (κ3) is 3.01. The van der Waals surface area contributed by atoms with Gasteiger partial charge in [-0.3, -0.25) is 4.55 Å². The standard InChI is InChI=1S/C7H5IN2O3S.ClH/c1-4-5(8)2-3-6(10-9)7(4)14(11,12)13;/h2-3H,1H3;1H. The first kappa shape index (κ1) is 14.6. The first-order valence-electron chi connectivity index (χ1n) is 3.49. The molecule has 15 heavy (non-hydrogen) atoms. The average Bonchev–Trinajstić information content (AvgIpc) is 2.07. The molecule has 0 amide bonds. The van der Waals surface area contributed by atoms with Crippen molar-refractivity contribution in [1.29, 1.82) is 5.39 Å². The minimum Gasteiger partial charge on any atom is -1.00 e. The lowest BCUT2D eigenvalue weighted by Gasteiger charge is -2.00. The van der Waals surface area contributed by atoms with Gasteiger partial charge in [0.1, 0.15) is 0 Å². The van der Waals surface area contributed by atoms with Crippen LogP contribution in [0.2, 0.25) is 0 Å². The number of rotatable bonds is 1. The fourth-order valence-electron chi connectivity index (χ4n) is 1.06. The second-order valence-corrected chi connectivity index (χ2v) is 5.12. The molecular formula is C7H6ClIN2O3S. The lowest BCUT2D eigenvalue weighted by atomic mass is 10.2. The van der Waals surface area contributed by atoms with Crippen molar-refractivity contribution in [3.05, 3.63) is 26.2 Å². The third-order valence-corrected chi connectivity index (χ3v) is 3.88. The number of hydrogen-bond acceptors (Lipinski definition) is 3. The molecule has 1 N–H and O–H groups in total. The Hall–Kier alpha value is -0.430. The summed E-state index contributed by atoms with van der Waals surface area (Å²) in [6.45, 7) is 1.53. The van der Waals surface area contributed by atoms with Gasteiger partial charge in [-0.1, -0.05) is 0 Å². The van der Waals surface area contributed by atoms with Crippen LogP contribution in [-0.4, -0.2) is 13.0 Å². The molecule has 0 heterocycles. The van der Waals surface area contributed by atoms with Crippen LogP contribution in [0.15, 0.2) is 17.0 Å². The molecular weight excluding hydrogens is 355 g/mol. The summed E-state index contributed by atoms with van der Waals surface area (Å²) >= 11 is 1.92. The molecule has 1 aromatic rings. The Kier molecular flexibility index (Phi) is 4.92. The van der Waals surface area contributed by atoms with E-state index >= 15 is 0 Å². The molecule has 0 unspecified atom stereocenters. The molecule has 8 heteroatoms. The molecule has 0 spiro atoms. The van der Waals surface area contributed by atoms with Gasteiger partial charge in [0.2, 0.25) is 5.39 Å². The molecule has 0 aromatic heterocycles. The molecule has 0 bridgehead atoms. The van der Waals surface area contributed by atoms with E-state index in [2.05, 4.69) is 4.98 Å². The lowest BCUT2D eigenvalue weighted by Crippen LogP contribution is -3.00. The van der Waals surface area contributed by atoms with Crippen molar-refractivity contribution in [1.82, 2.24) is 0 Å². The SMILES string of the molecule is Cc1c(I)ccc([N+]#N)c1S(=O)(=O)O.[Cl-]. The molecule has 0 aliphatic carbocycles. The van der Waals surface area contributed by atoms with Gasteiger partial charge in [0, 0.05) is 9.64 Å². The smallest absolute Gasteiger partial charge is 0.406 e. The summed E-state index contributed by atoms with van der Waals surface area (Å²) in [5.41, 5.74) is 0.203. The molecule has 0 atom stereocenters. The molecule has 0 fully saturated rings. The van der Waals surface area contributed by atoms with Crippen molar-refractivity contribution in [3.8, 4) is 0 Å². The van der Waals surface area contributed by atoms with Crippen molar-refractivity contribution < 1.29 is 25.4 Å². The number of diazo groups is 1. The Labute approximate surface area is 107 Å². The molecule has 5 nitrogen and oxygen atoms in total. The number of benzene rings is 1. The summed E-state index contributed by atoms with van der Waals surface area (Å²) in [5.74, 6) is 0. The summed E-state index contributed by atoms with van der Waals surface area (Å²) in [6.07, 6.45) is 0. The minimum atomic E-state index is -4.36. The Bertz CT molecular complexity index is 524. The highest BCUT2D eigenvalue weighted by Crippen LogP contribution is 2.30. The predicted molar refractivity (Wildman–Crippen MR) is 58.5 cm³/mol. The van der Waals surface area contributed by atoms with Crippen molar-refractivity contribution >= 4 is 38.4 Å². The van der Waals surface area contributed by atoms with E-state index in [-0.39, 0.29) is 23.0 Å². The van der Waals surface area contributed by atoms with Gasteiger partial charge >= 0.3 is 15.8 Å². The van der Waals surface area contributed by atoms with E-state index in [1.807, 2.05) is 22.6 Å². The van der Waals surface area contributed by atoms with Crippen LogP contribution >= 0.6 is 22.6 Å². The number of nitrogens with zero attached hydrogens (tertiary/aromatic N) is 2. The lowest BCUT2D eigenvalue weighted by molar-refractivity contribution is -0.00000728. The zero-order valence-corrected chi connectivity index (χ0v) is 11.2. The Morgan fingerprint density at radius 3 is 2.40 bits per heavy atom. The zero-order valence-electron chi connectivity index (χ0n) is 7.48.